The van der Waals surface area contributed by atoms with Crippen molar-refractivity contribution in [1.29, 1.82) is 0 Å². The van der Waals surface area contributed by atoms with Gasteiger partial charge in [-0.2, -0.15) is 0 Å². The van der Waals surface area contributed by atoms with Gasteiger partial charge in [0.2, 0.25) is 0 Å². The fourth-order valence-corrected chi connectivity index (χ4v) is 2.37. The van der Waals surface area contributed by atoms with E-state index in [0.717, 1.165) is 36.5 Å². The topological polar surface area (TPSA) is 34.9 Å². The molecule has 0 bridgehead atoms. The quantitative estimate of drug-likeness (QED) is 0.745. The Balaban J connectivity index is 2.57. The number of carbonyl (C=O) groups is 1. The van der Waals surface area contributed by atoms with E-state index in [9.17, 15) is 4.79 Å². The average Bonchev–Trinajstić information content (AvgIpc) is 2.57. The van der Waals surface area contributed by atoms with Crippen LogP contribution in [0.25, 0.3) is 0 Å². The normalized spacial score (nSPS) is 15.9. The highest BCUT2D eigenvalue weighted by molar-refractivity contribution is 5.96. The molecule has 0 saturated heterocycles. The summed E-state index contributed by atoms with van der Waals surface area (Å²) in [6, 6.07) is 0.405. The number of Topliss-reactive ketones (excluding diaryl/α,β-unsaturated/α-hetero) is 1. The Bertz CT molecular complexity index is 391. The van der Waals surface area contributed by atoms with Crippen LogP contribution < -0.4 is 0 Å². The van der Waals surface area contributed by atoms with E-state index in [2.05, 4.69) is 30.3 Å². The maximum Gasteiger partial charge on any atom is 0.183 e. The zero-order valence-electron chi connectivity index (χ0n) is 9.71. The minimum Gasteiger partial charge on any atom is -0.329 e. The summed E-state index contributed by atoms with van der Waals surface area (Å²) in [4.78, 5) is 16.2. The minimum absolute atomic E-state index is 0.227. The molecule has 0 unspecified atom stereocenters. The number of ketones is 1. The van der Waals surface area contributed by atoms with E-state index in [1.807, 2.05) is 0 Å². The molecule has 1 aromatic rings. The van der Waals surface area contributed by atoms with Gasteiger partial charge in [-0.3, -0.25) is 4.79 Å². The van der Waals surface area contributed by atoms with E-state index in [-0.39, 0.29) is 5.78 Å². The molecule has 3 nitrogen and oxygen atoms in total. The zero-order chi connectivity index (χ0) is 11.0. The first kappa shape index (κ1) is 10.4. The molecule has 1 aromatic heterocycles. The maximum atomic E-state index is 11.7. The lowest BCUT2D eigenvalue weighted by Gasteiger charge is -2.17. The molecule has 82 valence electrons. The molecule has 0 fully saturated rings. The van der Waals surface area contributed by atoms with Crippen molar-refractivity contribution in [2.75, 3.05) is 0 Å². The van der Waals surface area contributed by atoms with Crippen LogP contribution in [0, 0.1) is 0 Å². The minimum atomic E-state index is 0.227. The van der Waals surface area contributed by atoms with Crippen molar-refractivity contribution in [3.8, 4) is 0 Å². The molecular formula is C12H18N2O. The maximum absolute atomic E-state index is 11.7. The third kappa shape index (κ3) is 1.60. The first-order chi connectivity index (χ1) is 7.15. The van der Waals surface area contributed by atoms with Crippen LogP contribution in [0.5, 0.6) is 0 Å². The monoisotopic (exact) mass is 206 g/mol. The lowest BCUT2D eigenvalue weighted by Crippen LogP contribution is -2.15. The first-order valence-corrected chi connectivity index (χ1v) is 5.78. The highest BCUT2D eigenvalue weighted by Crippen LogP contribution is 2.25. The summed E-state index contributed by atoms with van der Waals surface area (Å²) in [5.74, 6) is 1.29. The highest BCUT2D eigenvalue weighted by Gasteiger charge is 2.25. The van der Waals surface area contributed by atoms with Crippen LogP contribution in [0.4, 0.5) is 0 Å². The number of fused-ring (bicyclic) bond motifs is 1. The number of imidazole rings is 1. The Morgan fingerprint density at radius 1 is 1.40 bits per heavy atom. The van der Waals surface area contributed by atoms with Crippen LogP contribution in [0.2, 0.25) is 0 Å². The second-order valence-corrected chi connectivity index (χ2v) is 4.42. The molecule has 0 saturated carbocycles. The molecule has 0 spiro atoms. The lowest BCUT2D eigenvalue weighted by molar-refractivity contribution is 0.0967. The van der Waals surface area contributed by atoms with Crippen molar-refractivity contribution >= 4 is 5.78 Å². The van der Waals surface area contributed by atoms with Crippen LogP contribution >= 0.6 is 0 Å². The summed E-state index contributed by atoms with van der Waals surface area (Å²) in [6.07, 6.45) is 3.56. The van der Waals surface area contributed by atoms with Crippen LogP contribution in [-0.4, -0.2) is 15.3 Å². The SMILES string of the molecule is CCc1nc2c(n1C(C)C)CCCC2=O. The van der Waals surface area contributed by atoms with Crippen molar-refractivity contribution in [3.63, 3.8) is 0 Å². The van der Waals surface area contributed by atoms with Gasteiger partial charge in [0.1, 0.15) is 11.5 Å². The van der Waals surface area contributed by atoms with E-state index in [1.165, 1.54) is 0 Å². The zero-order valence-corrected chi connectivity index (χ0v) is 9.71. The van der Waals surface area contributed by atoms with Crippen LogP contribution in [0.3, 0.4) is 0 Å². The molecule has 0 aliphatic heterocycles. The molecule has 0 aromatic carbocycles. The van der Waals surface area contributed by atoms with Gasteiger partial charge in [-0.1, -0.05) is 6.92 Å². The van der Waals surface area contributed by atoms with Crippen molar-refractivity contribution in [3.05, 3.63) is 17.2 Å². The van der Waals surface area contributed by atoms with Gasteiger partial charge < -0.3 is 4.57 Å². The largest absolute Gasteiger partial charge is 0.329 e. The number of hydrogen-bond acceptors (Lipinski definition) is 2. The molecule has 0 radical (unpaired) electrons. The summed E-state index contributed by atoms with van der Waals surface area (Å²) < 4.78 is 2.24. The van der Waals surface area contributed by atoms with E-state index in [4.69, 9.17) is 0 Å². The second kappa shape index (κ2) is 3.80. The number of rotatable bonds is 2. The molecule has 15 heavy (non-hydrogen) atoms. The van der Waals surface area contributed by atoms with Crippen molar-refractivity contribution < 1.29 is 4.79 Å². The van der Waals surface area contributed by atoms with Gasteiger partial charge in [0.15, 0.2) is 5.78 Å². The van der Waals surface area contributed by atoms with Gasteiger partial charge in [-0.05, 0) is 26.7 Å². The second-order valence-electron chi connectivity index (χ2n) is 4.42. The summed E-state index contributed by atoms with van der Waals surface area (Å²) >= 11 is 0. The van der Waals surface area contributed by atoms with Gasteiger partial charge in [0, 0.05) is 24.6 Å². The Labute approximate surface area is 90.5 Å². The molecular weight excluding hydrogens is 188 g/mol. The number of nitrogens with zero attached hydrogens (tertiary/aromatic N) is 2. The van der Waals surface area contributed by atoms with E-state index < -0.39 is 0 Å². The smallest absolute Gasteiger partial charge is 0.183 e. The predicted octanol–water partition coefficient (Wildman–Crippen LogP) is 2.55. The number of aryl methyl sites for hydroxylation is 1. The third-order valence-electron chi connectivity index (χ3n) is 3.00. The molecule has 0 atom stereocenters. The Kier molecular flexibility index (Phi) is 2.63. The molecule has 1 aliphatic rings. The first-order valence-electron chi connectivity index (χ1n) is 5.78. The fraction of sp³-hybridized carbons (Fsp3) is 0.667. The van der Waals surface area contributed by atoms with E-state index >= 15 is 0 Å². The lowest BCUT2D eigenvalue weighted by atomic mass is 9.99. The summed E-state index contributed by atoms with van der Waals surface area (Å²) in [5.41, 5.74) is 1.91. The standard InChI is InChI=1S/C12H18N2O/c1-4-11-13-12-9(14(11)8(2)3)6-5-7-10(12)15/h8H,4-7H2,1-3H3. The summed E-state index contributed by atoms with van der Waals surface area (Å²) in [5, 5.41) is 0. The summed E-state index contributed by atoms with van der Waals surface area (Å²) in [6.45, 7) is 6.40. The van der Waals surface area contributed by atoms with E-state index in [0.29, 0.717) is 12.5 Å². The molecule has 0 N–H and O–H groups in total. The van der Waals surface area contributed by atoms with Crippen LogP contribution in [0.1, 0.15) is 61.7 Å². The van der Waals surface area contributed by atoms with Gasteiger partial charge >= 0.3 is 0 Å². The summed E-state index contributed by atoms with van der Waals surface area (Å²) in [7, 11) is 0. The Morgan fingerprint density at radius 2 is 2.13 bits per heavy atom. The predicted molar refractivity (Wildman–Crippen MR) is 59.3 cm³/mol. The van der Waals surface area contributed by atoms with Crippen molar-refractivity contribution in [2.24, 2.45) is 0 Å². The molecule has 2 rings (SSSR count). The number of carbonyl (C=O) groups excluding carboxylic acids is 1. The highest BCUT2D eigenvalue weighted by atomic mass is 16.1. The van der Waals surface area contributed by atoms with E-state index in [1.54, 1.807) is 0 Å². The molecule has 3 heteroatoms. The number of aromatic nitrogens is 2. The van der Waals surface area contributed by atoms with Crippen molar-refractivity contribution in [1.82, 2.24) is 9.55 Å². The van der Waals surface area contributed by atoms with Gasteiger partial charge in [-0.15, -0.1) is 0 Å². The van der Waals surface area contributed by atoms with Gasteiger partial charge in [0.05, 0.1) is 0 Å². The molecule has 0 amide bonds. The Hall–Kier alpha value is -1.12. The third-order valence-corrected chi connectivity index (χ3v) is 3.00. The fourth-order valence-electron chi connectivity index (χ4n) is 2.37. The van der Waals surface area contributed by atoms with Crippen LogP contribution in [-0.2, 0) is 12.8 Å². The molecule has 1 aliphatic carbocycles. The Morgan fingerprint density at radius 3 is 2.73 bits per heavy atom. The van der Waals surface area contributed by atoms with Gasteiger partial charge in [-0.25, -0.2) is 4.98 Å². The van der Waals surface area contributed by atoms with Crippen molar-refractivity contribution in [2.45, 2.75) is 52.5 Å². The van der Waals surface area contributed by atoms with Gasteiger partial charge in [0.25, 0.3) is 0 Å². The van der Waals surface area contributed by atoms with Crippen LogP contribution in [0.15, 0.2) is 0 Å². The molecule has 1 heterocycles. The number of hydrogen-bond donors (Lipinski definition) is 0. The average molecular weight is 206 g/mol.